The number of benzene rings is 2. The van der Waals surface area contributed by atoms with Crippen LogP contribution in [0.1, 0.15) is 28.8 Å². The second kappa shape index (κ2) is 9.37. The van der Waals surface area contributed by atoms with Gasteiger partial charge in [-0.05, 0) is 53.8 Å². The molecule has 0 aromatic heterocycles. The highest BCUT2D eigenvalue weighted by atomic mass is 16.5. The number of rotatable bonds is 7. The molecule has 3 fully saturated rings. The number of aliphatic hydroxyl groups is 1. The summed E-state index contributed by atoms with van der Waals surface area (Å²) in [5.74, 6) is 0.327. The summed E-state index contributed by atoms with van der Waals surface area (Å²) in [6.07, 6.45) is 1.08. The Bertz CT molecular complexity index is 1050. The SMILES string of the molecule is NCc1cc(-c2ccc(C(=O)N3CCN(C(=O)C4(O)CC4)CC3)cc2)ccc1NCC1COC1. The zero-order valence-corrected chi connectivity index (χ0v) is 19.3. The Hall–Kier alpha value is -2.94. The molecule has 8 heteroatoms. The van der Waals surface area contributed by atoms with E-state index in [1.54, 1.807) is 9.80 Å². The van der Waals surface area contributed by atoms with Crippen molar-refractivity contribution in [2.45, 2.75) is 25.0 Å². The monoisotopic (exact) mass is 464 g/mol. The summed E-state index contributed by atoms with van der Waals surface area (Å²) in [5, 5.41) is 13.5. The number of hydrogen-bond acceptors (Lipinski definition) is 6. The molecule has 2 aromatic carbocycles. The third-order valence-electron chi connectivity index (χ3n) is 7.05. The van der Waals surface area contributed by atoms with E-state index in [1.807, 2.05) is 24.3 Å². The van der Waals surface area contributed by atoms with Crippen molar-refractivity contribution < 1.29 is 19.4 Å². The number of ether oxygens (including phenoxy) is 1. The molecule has 0 bridgehead atoms. The summed E-state index contributed by atoms with van der Waals surface area (Å²) in [5.41, 5.74) is 9.67. The summed E-state index contributed by atoms with van der Waals surface area (Å²) in [6.45, 7) is 4.82. The fourth-order valence-electron chi connectivity index (χ4n) is 4.50. The van der Waals surface area contributed by atoms with E-state index in [4.69, 9.17) is 10.5 Å². The average Bonchev–Trinajstić information content (AvgIpc) is 3.61. The number of nitrogens with two attached hydrogens (primary N) is 1. The maximum Gasteiger partial charge on any atom is 0.254 e. The molecule has 34 heavy (non-hydrogen) atoms. The van der Waals surface area contributed by atoms with Crippen molar-refractivity contribution in [3.63, 3.8) is 0 Å². The molecule has 0 radical (unpaired) electrons. The number of carbonyl (C=O) groups excluding carboxylic acids is 2. The van der Waals surface area contributed by atoms with E-state index in [1.165, 1.54) is 0 Å². The molecule has 2 amide bonds. The molecule has 0 spiro atoms. The first-order valence-corrected chi connectivity index (χ1v) is 12.0. The van der Waals surface area contributed by atoms with Gasteiger partial charge in [0.25, 0.3) is 11.8 Å². The maximum absolute atomic E-state index is 13.0. The van der Waals surface area contributed by atoms with Gasteiger partial charge in [0.05, 0.1) is 13.2 Å². The molecule has 2 heterocycles. The van der Waals surface area contributed by atoms with Crippen LogP contribution in [0.3, 0.4) is 0 Å². The van der Waals surface area contributed by atoms with Gasteiger partial charge in [0.2, 0.25) is 0 Å². The molecule has 1 saturated carbocycles. The van der Waals surface area contributed by atoms with Gasteiger partial charge in [-0.1, -0.05) is 18.2 Å². The van der Waals surface area contributed by atoms with Crippen molar-refractivity contribution in [3.8, 4) is 11.1 Å². The van der Waals surface area contributed by atoms with Crippen LogP contribution in [-0.2, 0) is 16.1 Å². The van der Waals surface area contributed by atoms with E-state index >= 15 is 0 Å². The number of carbonyl (C=O) groups is 2. The highest BCUT2D eigenvalue weighted by molar-refractivity contribution is 5.95. The smallest absolute Gasteiger partial charge is 0.254 e. The summed E-state index contributed by atoms with van der Waals surface area (Å²) in [4.78, 5) is 28.7. The first kappa shape index (κ1) is 22.8. The highest BCUT2D eigenvalue weighted by Crippen LogP contribution is 2.37. The van der Waals surface area contributed by atoms with Gasteiger partial charge in [0.1, 0.15) is 5.60 Å². The second-order valence-corrected chi connectivity index (χ2v) is 9.55. The van der Waals surface area contributed by atoms with Crippen LogP contribution in [0.2, 0.25) is 0 Å². The third-order valence-corrected chi connectivity index (χ3v) is 7.05. The third kappa shape index (κ3) is 4.66. The lowest BCUT2D eigenvalue weighted by molar-refractivity contribution is -0.143. The Balaban J connectivity index is 1.20. The first-order chi connectivity index (χ1) is 16.5. The first-order valence-electron chi connectivity index (χ1n) is 12.0. The lowest BCUT2D eigenvalue weighted by atomic mass is 10.00. The van der Waals surface area contributed by atoms with Crippen molar-refractivity contribution in [2.24, 2.45) is 11.7 Å². The Morgan fingerprint density at radius 1 is 1.00 bits per heavy atom. The van der Waals surface area contributed by atoms with Crippen molar-refractivity contribution >= 4 is 17.5 Å². The Morgan fingerprint density at radius 2 is 1.65 bits per heavy atom. The van der Waals surface area contributed by atoms with Gasteiger partial charge in [-0.15, -0.1) is 0 Å². The minimum atomic E-state index is -1.15. The van der Waals surface area contributed by atoms with E-state index < -0.39 is 5.60 Å². The molecular formula is C26H32N4O4. The molecule has 5 rings (SSSR count). The van der Waals surface area contributed by atoms with Crippen LogP contribution in [0.15, 0.2) is 42.5 Å². The molecule has 1 aliphatic carbocycles. The standard InChI is InChI=1S/C26H32N4O4/c27-14-22-13-21(5-6-23(22)28-15-18-16-34-17-18)19-1-3-20(4-2-19)24(31)29-9-11-30(12-10-29)25(32)26(33)7-8-26/h1-6,13,18,28,33H,7-12,14-17,27H2. The van der Waals surface area contributed by atoms with Crippen molar-refractivity contribution in [2.75, 3.05) is 51.3 Å². The summed E-state index contributed by atoms with van der Waals surface area (Å²) in [6, 6.07) is 13.9. The molecule has 0 unspecified atom stereocenters. The Labute approximate surface area is 199 Å². The lowest BCUT2D eigenvalue weighted by Gasteiger charge is -2.35. The topological polar surface area (TPSA) is 108 Å². The quantitative estimate of drug-likeness (QED) is 0.576. The molecule has 0 atom stereocenters. The van der Waals surface area contributed by atoms with Crippen LogP contribution >= 0.6 is 0 Å². The number of amides is 2. The summed E-state index contributed by atoms with van der Waals surface area (Å²) < 4.78 is 5.23. The Kier molecular flexibility index (Phi) is 6.29. The zero-order chi connectivity index (χ0) is 23.7. The molecule has 2 saturated heterocycles. The van der Waals surface area contributed by atoms with Crippen LogP contribution in [0.25, 0.3) is 11.1 Å². The second-order valence-electron chi connectivity index (χ2n) is 9.55. The van der Waals surface area contributed by atoms with E-state index in [-0.39, 0.29) is 11.8 Å². The van der Waals surface area contributed by atoms with Crippen LogP contribution in [0.4, 0.5) is 5.69 Å². The van der Waals surface area contributed by atoms with Gasteiger partial charge in [0.15, 0.2) is 0 Å². The lowest BCUT2D eigenvalue weighted by Crippen LogP contribution is -2.53. The predicted molar refractivity (Wildman–Crippen MR) is 129 cm³/mol. The molecular weight excluding hydrogens is 432 g/mol. The molecule has 8 nitrogen and oxygen atoms in total. The van der Waals surface area contributed by atoms with Gasteiger partial charge in [-0.25, -0.2) is 0 Å². The predicted octanol–water partition coefficient (Wildman–Crippen LogP) is 1.68. The number of nitrogens with one attached hydrogen (secondary N) is 1. The number of nitrogens with zero attached hydrogens (tertiary/aromatic N) is 2. The largest absolute Gasteiger partial charge is 0.384 e. The molecule has 2 aromatic rings. The fourth-order valence-corrected chi connectivity index (χ4v) is 4.50. The zero-order valence-electron chi connectivity index (χ0n) is 19.3. The summed E-state index contributed by atoms with van der Waals surface area (Å²) in [7, 11) is 0. The average molecular weight is 465 g/mol. The van der Waals surface area contributed by atoms with E-state index in [0.717, 1.165) is 42.1 Å². The number of anilines is 1. The van der Waals surface area contributed by atoms with Crippen LogP contribution in [0.5, 0.6) is 0 Å². The van der Waals surface area contributed by atoms with E-state index in [0.29, 0.717) is 57.0 Å². The van der Waals surface area contributed by atoms with Crippen molar-refractivity contribution in [1.29, 1.82) is 0 Å². The van der Waals surface area contributed by atoms with E-state index in [9.17, 15) is 14.7 Å². The van der Waals surface area contributed by atoms with Gasteiger partial charge in [-0.2, -0.15) is 0 Å². The Morgan fingerprint density at radius 3 is 2.24 bits per heavy atom. The molecule has 4 N–H and O–H groups in total. The number of hydrogen-bond donors (Lipinski definition) is 3. The van der Waals surface area contributed by atoms with Gasteiger partial charge in [-0.3, -0.25) is 9.59 Å². The molecule has 3 aliphatic rings. The van der Waals surface area contributed by atoms with Gasteiger partial charge in [0, 0.05) is 56.4 Å². The molecule has 2 aliphatic heterocycles. The number of piperazine rings is 1. The van der Waals surface area contributed by atoms with Crippen LogP contribution in [-0.4, -0.2) is 78.3 Å². The van der Waals surface area contributed by atoms with Crippen molar-refractivity contribution in [1.82, 2.24) is 9.80 Å². The minimum Gasteiger partial charge on any atom is -0.384 e. The van der Waals surface area contributed by atoms with E-state index in [2.05, 4.69) is 23.5 Å². The normalized spacial score (nSPS) is 19.5. The molecule has 180 valence electrons. The fraction of sp³-hybridized carbons (Fsp3) is 0.462. The van der Waals surface area contributed by atoms with Crippen LogP contribution < -0.4 is 11.1 Å². The minimum absolute atomic E-state index is 0.0362. The van der Waals surface area contributed by atoms with Crippen LogP contribution in [0, 0.1) is 5.92 Å². The van der Waals surface area contributed by atoms with Gasteiger partial charge < -0.3 is 30.7 Å². The maximum atomic E-state index is 13.0. The summed E-state index contributed by atoms with van der Waals surface area (Å²) >= 11 is 0. The van der Waals surface area contributed by atoms with Gasteiger partial charge >= 0.3 is 0 Å². The van der Waals surface area contributed by atoms with Crippen molar-refractivity contribution in [3.05, 3.63) is 53.6 Å². The highest BCUT2D eigenvalue weighted by Gasteiger charge is 2.50.